The van der Waals surface area contributed by atoms with Gasteiger partial charge in [-0.1, -0.05) is 42.5 Å². The van der Waals surface area contributed by atoms with Gasteiger partial charge < -0.3 is 23.7 Å². The van der Waals surface area contributed by atoms with Crippen molar-refractivity contribution in [3.05, 3.63) is 84.4 Å². The van der Waals surface area contributed by atoms with Gasteiger partial charge in [-0.05, 0) is 24.3 Å². The Morgan fingerprint density at radius 2 is 1.55 bits per heavy atom. The molecule has 0 aliphatic carbocycles. The van der Waals surface area contributed by atoms with Crippen LogP contribution in [0, 0.1) is 0 Å². The van der Waals surface area contributed by atoms with Gasteiger partial charge in [0.2, 0.25) is 0 Å². The summed E-state index contributed by atoms with van der Waals surface area (Å²) >= 11 is 5.57. The molecule has 174 valence electrons. The molecule has 9 heteroatoms. The normalized spacial score (nSPS) is 23.5. The highest BCUT2D eigenvalue weighted by atomic mass is 35.5. The van der Waals surface area contributed by atoms with Crippen molar-refractivity contribution in [1.82, 2.24) is 0 Å². The van der Waals surface area contributed by atoms with Crippen molar-refractivity contribution in [1.29, 1.82) is 0 Å². The van der Waals surface area contributed by atoms with Crippen molar-refractivity contribution in [2.24, 2.45) is 0 Å². The van der Waals surface area contributed by atoms with Gasteiger partial charge in [-0.15, -0.1) is 18.2 Å². The van der Waals surface area contributed by atoms with E-state index in [2.05, 4.69) is 6.58 Å². The molecule has 2 aromatic rings. The molecule has 3 rings (SSSR count). The van der Waals surface area contributed by atoms with Crippen LogP contribution in [-0.4, -0.2) is 61.6 Å². The minimum atomic E-state index is -1.74. The third-order valence-electron chi connectivity index (χ3n) is 4.62. The Balaban J connectivity index is 1.89. The smallest absolute Gasteiger partial charge is 0.338 e. The predicted octanol–water partition coefficient (Wildman–Crippen LogP) is 3.15. The largest absolute Gasteiger partial charge is 0.453 e. The summed E-state index contributed by atoms with van der Waals surface area (Å²) in [6.07, 6.45) is -3.59. The number of rotatable bonds is 9. The topological polar surface area (TPSA) is 97.4 Å². The van der Waals surface area contributed by atoms with Crippen LogP contribution < -0.4 is 0 Å². The van der Waals surface area contributed by atoms with Crippen LogP contribution in [0.4, 0.5) is 0 Å². The average Bonchev–Trinajstić information content (AvgIpc) is 2.86. The average molecular weight is 476 g/mol. The molecule has 1 aliphatic heterocycles. The molecule has 0 bridgehead atoms. The highest BCUT2D eigenvalue weighted by Crippen LogP contribution is 2.27. The van der Waals surface area contributed by atoms with Crippen LogP contribution in [-0.2, 0) is 28.5 Å². The van der Waals surface area contributed by atoms with E-state index in [9.17, 15) is 14.4 Å². The number of carbonyl (C=O) groups excluding carboxylic acids is 3. The predicted molar refractivity (Wildman–Crippen MR) is 118 cm³/mol. The second-order valence-corrected chi connectivity index (χ2v) is 7.10. The Labute approximate surface area is 197 Å². The molecule has 5 atom stereocenters. The van der Waals surface area contributed by atoms with Gasteiger partial charge in [0.25, 0.3) is 0 Å². The summed E-state index contributed by atoms with van der Waals surface area (Å²) in [5.41, 5.74) is 0.486. The maximum atomic E-state index is 12.8. The Morgan fingerprint density at radius 1 is 0.970 bits per heavy atom. The highest BCUT2D eigenvalue weighted by molar-refractivity contribution is 6.26. The summed E-state index contributed by atoms with van der Waals surface area (Å²) in [5, 5.41) is 0. The van der Waals surface area contributed by atoms with Gasteiger partial charge >= 0.3 is 17.9 Å². The van der Waals surface area contributed by atoms with E-state index in [0.717, 1.165) is 0 Å². The summed E-state index contributed by atoms with van der Waals surface area (Å²) in [6, 6.07) is 16.3. The van der Waals surface area contributed by atoms with Gasteiger partial charge in [-0.25, -0.2) is 9.59 Å². The lowest BCUT2D eigenvalue weighted by molar-refractivity contribution is -0.269. The third kappa shape index (κ3) is 6.64. The fourth-order valence-corrected chi connectivity index (χ4v) is 3.18. The number of carbonyl (C=O) groups is 3. The molecule has 1 saturated heterocycles. The Bertz CT molecular complexity index is 985. The second-order valence-electron chi connectivity index (χ2n) is 6.88. The summed E-state index contributed by atoms with van der Waals surface area (Å²) in [7, 11) is 0. The monoisotopic (exact) mass is 475 g/mol. The van der Waals surface area contributed by atoms with Gasteiger partial charge in [0, 0.05) is 0 Å². The van der Waals surface area contributed by atoms with Crippen LogP contribution >= 0.6 is 11.6 Å². The van der Waals surface area contributed by atoms with E-state index in [0.29, 0.717) is 0 Å². The standard InChI is InChI=1S/C24H23ClO8/c1-2-13-29-24-21(33-23(28)17-11-7-4-8-12-17)20(32-19(26)14-25)18(15-30-24)31-22(27)16-9-5-3-6-10-16/h2-12,18,20-21,24H,1,13-15H2/t18-,20+,21-,24?/m1/s1/i14D/t14?,18-,20+,21-,24?. The number of hydrogen-bond donors (Lipinski definition) is 0. The van der Waals surface area contributed by atoms with E-state index in [1.165, 1.54) is 18.2 Å². The van der Waals surface area contributed by atoms with Crippen LogP contribution in [0.25, 0.3) is 0 Å². The molecule has 0 saturated carbocycles. The number of benzene rings is 2. The van der Waals surface area contributed by atoms with Crippen molar-refractivity contribution >= 4 is 29.5 Å². The van der Waals surface area contributed by atoms with Crippen molar-refractivity contribution in [2.45, 2.75) is 24.6 Å². The van der Waals surface area contributed by atoms with Crippen LogP contribution in [0.5, 0.6) is 0 Å². The molecule has 1 heterocycles. The van der Waals surface area contributed by atoms with Crippen LogP contribution in [0.3, 0.4) is 0 Å². The van der Waals surface area contributed by atoms with Crippen LogP contribution in [0.2, 0.25) is 0 Å². The molecule has 0 spiro atoms. The van der Waals surface area contributed by atoms with Crippen molar-refractivity contribution in [3.63, 3.8) is 0 Å². The molecule has 1 aliphatic rings. The van der Waals surface area contributed by atoms with Crippen molar-refractivity contribution in [2.75, 3.05) is 19.1 Å². The first-order valence-corrected chi connectivity index (χ1v) is 10.5. The maximum Gasteiger partial charge on any atom is 0.338 e. The maximum absolute atomic E-state index is 12.8. The highest BCUT2D eigenvalue weighted by Gasteiger charge is 2.48. The number of halogens is 1. The van der Waals surface area contributed by atoms with Gasteiger partial charge in [0.1, 0.15) is 5.86 Å². The lowest BCUT2D eigenvalue weighted by atomic mass is 10.0. The molecule has 2 aromatic carbocycles. The quantitative estimate of drug-likeness (QED) is 0.236. The van der Waals surface area contributed by atoms with E-state index in [4.69, 9.17) is 36.7 Å². The van der Waals surface area contributed by atoms with Gasteiger partial charge in [-0.3, -0.25) is 4.79 Å². The zero-order valence-electron chi connectivity index (χ0n) is 18.5. The van der Waals surface area contributed by atoms with E-state index >= 15 is 0 Å². The van der Waals surface area contributed by atoms with Crippen molar-refractivity contribution < 1.29 is 39.4 Å². The molecular formula is C24H23ClO8. The molecule has 1 fully saturated rings. The lowest BCUT2D eigenvalue weighted by Crippen LogP contribution is -2.58. The van der Waals surface area contributed by atoms with Gasteiger partial charge in [0.15, 0.2) is 24.6 Å². The first kappa shape index (κ1) is 23.0. The minimum Gasteiger partial charge on any atom is -0.453 e. The molecule has 0 amide bonds. The minimum absolute atomic E-state index is 0.0375. The molecule has 2 unspecified atom stereocenters. The van der Waals surface area contributed by atoms with Crippen LogP contribution in [0.15, 0.2) is 73.3 Å². The number of esters is 3. The number of ether oxygens (including phenoxy) is 5. The van der Waals surface area contributed by atoms with E-state index < -0.39 is 48.4 Å². The third-order valence-corrected chi connectivity index (χ3v) is 4.80. The fourth-order valence-electron chi connectivity index (χ4n) is 3.12. The second kappa shape index (κ2) is 12.2. The number of hydrogen-bond acceptors (Lipinski definition) is 8. The van der Waals surface area contributed by atoms with Crippen LogP contribution in [0.1, 0.15) is 22.1 Å². The summed E-state index contributed by atoms with van der Waals surface area (Å²) < 4.78 is 35.2. The molecular weight excluding hydrogens is 452 g/mol. The zero-order chi connectivity index (χ0) is 24.5. The fraction of sp³-hybridized carbons (Fsp3) is 0.292. The first-order valence-electron chi connectivity index (χ1n) is 10.6. The van der Waals surface area contributed by atoms with Crippen molar-refractivity contribution in [3.8, 4) is 0 Å². The van der Waals surface area contributed by atoms with E-state index in [1.807, 2.05) is 0 Å². The molecule has 33 heavy (non-hydrogen) atoms. The van der Waals surface area contributed by atoms with E-state index in [-0.39, 0.29) is 24.3 Å². The van der Waals surface area contributed by atoms with Gasteiger partial charge in [0.05, 0.1) is 25.7 Å². The zero-order valence-corrected chi connectivity index (χ0v) is 18.3. The summed E-state index contributed by atoms with van der Waals surface area (Å²) in [4.78, 5) is 37.6. The molecule has 0 aromatic heterocycles. The Hall–Kier alpha value is -3.20. The summed E-state index contributed by atoms with van der Waals surface area (Å²) in [5.74, 6) is -4.31. The summed E-state index contributed by atoms with van der Waals surface area (Å²) in [6.45, 7) is 3.38. The SMILES string of the molecule is [2H]C(Cl)C(=O)O[C@H]1[C@H](OC(=O)c2ccccc2)COC(OCC=C)[C@@H]1OC(=O)c1ccccc1. The number of alkyl halides is 1. The Kier molecular flexibility index (Phi) is 8.46. The first-order chi connectivity index (χ1) is 16.4. The molecule has 0 radical (unpaired) electrons. The molecule has 0 N–H and O–H groups in total. The Morgan fingerprint density at radius 3 is 2.09 bits per heavy atom. The van der Waals surface area contributed by atoms with Gasteiger partial charge in [-0.2, -0.15) is 0 Å². The lowest BCUT2D eigenvalue weighted by Gasteiger charge is -2.40. The van der Waals surface area contributed by atoms with E-state index in [1.54, 1.807) is 48.5 Å². The molecule has 8 nitrogen and oxygen atoms in total.